The smallest absolute Gasteiger partial charge is 0.296 e. The summed E-state index contributed by atoms with van der Waals surface area (Å²) >= 11 is 5.86. The molecule has 2 atom stereocenters. The van der Waals surface area contributed by atoms with E-state index in [0.717, 1.165) is 0 Å². The van der Waals surface area contributed by atoms with Crippen molar-refractivity contribution >= 4 is 11.6 Å². The molecule has 0 N–H and O–H groups in total. The minimum absolute atomic E-state index is 0.0887. The molecule has 0 bridgehead atoms. The number of halogens is 1. The van der Waals surface area contributed by atoms with Crippen molar-refractivity contribution < 1.29 is 9.66 Å². The van der Waals surface area contributed by atoms with Crippen LogP contribution in [0.3, 0.4) is 0 Å². The van der Waals surface area contributed by atoms with Crippen LogP contribution in [0, 0.1) is 10.1 Å². The van der Waals surface area contributed by atoms with Crippen molar-refractivity contribution in [2.24, 2.45) is 0 Å². The number of allylic oxidation sites excluding steroid dienone is 2. The van der Waals surface area contributed by atoms with E-state index in [4.69, 9.17) is 16.3 Å². The second-order valence-electron chi connectivity index (χ2n) is 2.97. The molecule has 0 saturated carbocycles. The van der Waals surface area contributed by atoms with E-state index < -0.39 is 15.6 Å². The maximum absolute atomic E-state index is 10.5. The predicted molar refractivity (Wildman–Crippen MR) is 42.3 cm³/mol. The lowest BCUT2D eigenvalue weighted by molar-refractivity contribution is -0.431. The minimum Gasteiger partial charge on any atom is -0.332 e. The third kappa shape index (κ3) is 0.711. The number of nitro groups is 1. The van der Waals surface area contributed by atoms with Gasteiger partial charge in [-0.05, 0) is 13.0 Å². The molecule has 0 spiro atoms. The lowest BCUT2D eigenvalue weighted by Crippen LogP contribution is -2.24. The van der Waals surface area contributed by atoms with Crippen LogP contribution < -0.4 is 0 Å². The third-order valence-electron chi connectivity index (χ3n) is 2.14. The summed E-state index contributed by atoms with van der Waals surface area (Å²) in [6.45, 7) is 1.72. The molecule has 2 aliphatic rings. The number of epoxide rings is 1. The maximum Gasteiger partial charge on any atom is 0.296 e. The molecule has 0 aromatic carbocycles. The quantitative estimate of drug-likeness (QED) is 0.270. The van der Waals surface area contributed by atoms with Crippen LogP contribution in [0.1, 0.15) is 6.92 Å². The molecule has 12 heavy (non-hydrogen) atoms. The first-order chi connectivity index (χ1) is 5.50. The van der Waals surface area contributed by atoms with Crippen molar-refractivity contribution in [3.05, 3.63) is 34.0 Å². The fourth-order valence-electron chi connectivity index (χ4n) is 1.32. The Labute approximate surface area is 73.6 Å². The number of alkyl halides is 1. The van der Waals surface area contributed by atoms with Gasteiger partial charge in [0, 0.05) is 6.08 Å². The topological polar surface area (TPSA) is 55.7 Å². The number of nitrogens with zero attached hydrogens (tertiary/aromatic N) is 1. The first kappa shape index (κ1) is 7.76. The highest BCUT2D eigenvalue weighted by Gasteiger charge is 2.73. The zero-order chi connectivity index (χ0) is 8.98. The Morgan fingerprint density at radius 1 is 1.75 bits per heavy atom. The van der Waals surface area contributed by atoms with Crippen LogP contribution in [0.5, 0.6) is 0 Å². The average molecular weight is 188 g/mol. The highest BCUT2D eigenvalue weighted by atomic mass is 35.5. The molecule has 4 nitrogen and oxygen atoms in total. The standard InChI is InChI=1S/C7H6ClNO3/c1-6-4-2-3-5(9(10)11)7(6,8)12-6/h2-4H,1H3. The SMILES string of the molecule is CC12C=CC=C([N+](=O)[O-])C1(Cl)O2. The monoisotopic (exact) mass is 187 g/mol. The van der Waals surface area contributed by atoms with Gasteiger partial charge in [0.05, 0.1) is 4.92 Å². The predicted octanol–water partition coefficient (Wildman–Crippen LogP) is 1.44. The molecule has 1 heterocycles. The molecule has 2 unspecified atom stereocenters. The molecule has 0 radical (unpaired) electrons. The van der Waals surface area contributed by atoms with Gasteiger partial charge in [-0.1, -0.05) is 17.7 Å². The number of hydrogen-bond acceptors (Lipinski definition) is 3. The molecular formula is C7H6ClNO3. The average Bonchev–Trinajstić information content (AvgIpc) is 2.51. The second kappa shape index (κ2) is 1.89. The number of fused-ring (bicyclic) bond motifs is 1. The normalized spacial score (nSPS) is 43.3. The molecule has 64 valence electrons. The summed E-state index contributed by atoms with van der Waals surface area (Å²) in [5, 5.41) is 9.25. The highest BCUT2D eigenvalue weighted by Crippen LogP contribution is 2.58. The first-order valence-electron chi connectivity index (χ1n) is 3.43. The number of rotatable bonds is 1. The maximum atomic E-state index is 10.5. The lowest BCUT2D eigenvalue weighted by atomic mass is 10.0. The fourth-order valence-corrected chi connectivity index (χ4v) is 1.68. The second-order valence-corrected chi connectivity index (χ2v) is 3.50. The van der Waals surface area contributed by atoms with Gasteiger partial charge >= 0.3 is 0 Å². The Bertz CT molecular complexity index is 325. The molecule has 0 aromatic heterocycles. The van der Waals surface area contributed by atoms with Crippen molar-refractivity contribution in [1.29, 1.82) is 0 Å². The Morgan fingerprint density at radius 2 is 2.42 bits per heavy atom. The van der Waals surface area contributed by atoms with Gasteiger partial charge in [0.1, 0.15) is 5.60 Å². The van der Waals surface area contributed by atoms with Crippen LogP contribution in [0.15, 0.2) is 23.9 Å². The molecular weight excluding hydrogens is 182 g/mol. The number of ether oxygens (including phenoxy) is 1. The summed E-state index contributed by atoms with van der Waals surface area (Å²) in [6.07, 6.45) is 4.67. The van der Waals surface area contributed by atoms with E-state index in [9.17, 15) is 10.1 Å². The summed E-state index contributed by atoms with van der Waals surface area (Å²) in [6, 6.07) is 0. The van der Waals surface area contributed by atoms with Crippen LogP contribution in [0.4, 0.5) is 0 Å². The van der Waals surface area contributed by atoms with Crippen LogP contribution in [-0.2, 0) is 4.74 Å². The molecule has 2 rings (SSSR count). The molecule has 1 aliphatic carbocycles. The van der Waals surface area contributed by atoms with Crippen molar-refractivity contribution in [1.82, 2.24) is 0 Å². The van der Waals surface area contributed by atoms with Gasteiger partial charge in [-0.15, -0.1) is 0 Å². The zero-order valence-electron chi connectivity index (χ0n) is 6.28. The van der Waals surface area contributed by atoms with Gasteiger partial charge in [-0.3, -0.25) is 10.1 Å². The molecule has 1 fully saturated rings. The summed E-state index contributed by atoms with van der Waals surface area (Å²) in [5.41, 5.74) is -0.778. The molecule has 1 aliphatic heterocycles. The number of hydrogen-bond donors (Lipinski definition) is 0. The van der Waals surface area contributed by atoms with E-state index in [1.807, 2.05) is 0 Å². The van der Waals surface area contributed by atoms with Crippen molar-refractivity contribution in [3.63, 3.8) is 0 Å². The summed E-state index contributed by atoms with van der Waals surface area (Å²) in [7, 11) is 0. The van der Waals surface area contributed by atoms with Gasteiger partial charge in [0.2, 0.25) is 0 Å². The van der Waals surface area contributed by atoms with E-state index in [1.165, 1.54) is 6.08 Å². The van der Waals surface area contributed by atoms with Gasteiger partial charge < -0.3 is 4.74 Å². The first-order valence-corrected chi connectivity index (χ1v) is 3.81. The summed E-state index contributed by atoms with van der Waals surface area (Å²) in [4.78, 5) is 9.97. The summed E-state index contributed by atoms with van der Waals surface area (Å²) < 4.78 is 5.10. The Balaban J connectivity index is 2.43. The van der Waals surface area contributed by atoms with Crippen LogP contribution in [-0.4, -0.2) is 15.6 Å². The molecule has 0 amide bonds. The van der Waals surface area contributed by atoms with Crippen LogP contribution in [0.2, 0.25) is 0 Å². The Kier molecular flexibility index (Phi) is 1.22. The van der Waals surface area contributed by atoms with E-state index in [0.29, 0.717) is 0 Å². The van der Waals surface area contributed by atoms with Gasteiger partial charge in [0.15, 0.2) is 0 Å². The largest absolute Gasteiger partial charge is 0.332 e. The van der Waals surface area contributed by atoms with Crippen LogP contribution in [0.25, 0.3) is 0 Å². The van der Waals surface area contributed by atoms with Gasteiger partial charge in [-0.25, -0.2) is 0 Å². The lowest BCUT2D eigenvalue weighted by Gasteiger charge is -2.06. The molecule has 5 heteroatoms. The van der Waals surface area contributed by atoms with Gasteiger partial charge in [0.25, 0.3) is 10.8 Å². The van der Waals surface area contributed by atoms with Gasteiger partial charge in [-0.2, -0.15) is 0 Å². The van der Waals surface area contributed by atoms with Crippen molar-refractivity contribution in [2.75, 3.05) is 0 Å². The zero-order valence-corrected chi connectivity index (χ0v) is 7.04. The Hall–Kier alpha value is -0.870. The minimum atomic E-state index is -1.23. The summed E-state index contributed by atoms with van der Waals surface area (Å²) in [5.74, 6) is 0. The molecule has 0 aromatic rings. The van der Waals surface area contributed by atoms with E-state index >= 15 is 0 Å². The highest BCUT2D eigenvalue weighted by molar-refractivity contribution is 6.27. The third-order valence-corrected chi connectivity index (χ3v) is 2.79. The Morgan fingerprint density at radius 3 is 2.92 bits per heavy atom. The van der Waals surface area contributed by atoms with Crippen molar-refractivity contribution in [3.8, 4) is 0 Å². The van der Waals surface area contributed by atoms with E-state index in [-0.39, 0.29) is 5.70 Å². The fraction of sp³-hybridized carbons (Fsp3) is 0.429. The molecule has 1 saturated heterocycles. The van der Waals surface area contributed by atoms with Crippen molar-refractivity contribution in [2.45, 2.75) is 17.6 Å². The van der Waals surface area contributed by atoms with E-state index in [1.54, 1.807) is 19.1 Å². The van der Waals surface area contributed by atoms with E-state index in [2.05, 4.69) is 0 Å². The van der Waals surface area contributed by atoms with Crippen LogP contribution >= 0.6 is 11.6 Å².